The molecule has 2 aromatic carbocycles. The van der Waals surface area contributed by atoms with Gasteiger partial charge < -0.3 is 0 Å². The van der Waals surface area contributed by atoms with Crippen LogP contribution in [-0.2, 0) is 0 Å². The highest BCUT2D eigenvalue weighted by atomic mass is 32.2. The van der Waals surface area contributed by atoms with Gasteiger partial charge in [0.25, 0.3) is 0 Å². The number of tetrazole rings is 1. The Morgan fingerprint density at radius 2 is 2.00 bits per heavy atom. The van der Waals surface area contributed by atoms with E-state index in [-0.39, 0.29) is 11.5 Å². The summed E-state index contributed by atoms with van der Waals surface area (Å²) < 4.78 is 14.8. The molecule has 0 N–H and O–H groups in total. The van der Waals surface area contributed by atoms with Crippen molar-refractivity contribution in [1.82, 2.24) is 20.2 Å². The number of carbonyl (C=O) groups excluding carboxylic acids is 1. The zero-order valence-electron chi connectivity index (χ0n) is 13.2. The van der Waals surface area contributed by atoms with E-state index in [4.69, 9.17) is 0 Å². The van der Waals surface area contributed by atoms with Gasteiger partial charge in [-0.2, -0.15) is 4.68 Å². The van der Waals surface area contributed by atoms with Crippen LogP contribution in [0.4, 0.5) is 4.39 Å². The van der Waals surface area contributed by atoms with Gasteiger partial charge in [-0.15, -0.1) is 5.10 Å². The minimum Gasteiger partial charge on any atom is -0.293 e. The fraction of sp³-hybridized carbons (Fsp3) is 0.176. The number of Topliss-reactive ketones (excluding diaryl/α,β-unsaturated/α-hetero) is 1. The molecule has 0 fully saturated rings. The van der Waals surface area contributed by atoms with Crippen molar-refractivity contribution in [3.8, 4) is 5.69 Å². The van der Waals surface area contributed by atoms with Crippen molar-refractivity contribution in [1.29, 1.82) is 0 Å². The first-order valence-corrected chi connectivity index (χ1v) is 8.31. The minimum absolute atomic E-state index is 0.134. The van der Waals surface area contributed by atoms with E-state index in [1.807, 2.05) is 32.0 Å². The van der Waals surface area contributed by atoms with Crippen molar-refractivity contribution in [3.63, 3.8) is 0 Å². The lowest BCUT2D eigenvalue weighted by Crippen LogP contribution is -2.05. The van der Waals surface area contributed by atoms with Crippen molar-refractivity contribution in [2.45, 2.75) is 19.0 Å². The van der Waals surface area contributed by atoms with Gasteiger partial charge in [-0.1, -0.05) is 30.0 Å². The summed E-state index contributed by atoms with van der Waals surface area (Å²) >= 11 is 1.22. The summed E-state index contributed by atoms with van der Waals surface area (Å²) in [5.41, 5.74) is 3.49. The quantitative estimate of drug-likeness (QED) is 0.525. The van der Waals surface area contributed by atoms with E-state index in [2.05, 4.69) is 15.5 Å². The molecule has 5 nitrogen and oxygen atoms in total. The number of hydrogen-bond donors (Lipinski definition) is 0. The monoisotopic (exact) mass is 342 g/mol. The number of nitrogens with zero attached hydrogens (tertiary/aromatic N) is 4. The van der Waals surface area contributed by atoms with Crippen molar-refractivity contribution in [3.05, 3.63) is 65.0 Å². The lowest BCUT2D eigenvalue weighted by Gasteiger charge is -2.07. The fourth-order valence-electron chi connectivity index (χ4n) is 2.16. The van der Waals surface area contributed by atoms with E-state index in [1.54, 1.807) is 10.7 Å². The predicted molar refractivity (Wildman–Crippen MR) is 90.1 cm³/mol. The van der Waals surface area contributed by atoms with E-state index in [9.17, 15) is 9.18 Å². The molecule has 0 unspecified atom stereocenters. The summed E-state index contributed by atoms with van der Waals surface area (Å²) in [7, 11) is 0. The minimum atomic E-state index is -0.425. The highest BCUT2D eigenvalue weighted by Gasteiger charge is 2.13. The van der Waals surface area contributed by atoms with Gasteiger partial charge in [-0.3, -0.25) is 4.79 Å². The van der Waals surface area contributed by atoms with Gasteiger partial charge >= 0.3 is 0 Å². The summed E-state index contributed by atoms with van der Waals surface area (Å²) in [6.45, 7) is 4.05. The molecule has 0 aliphatic rings. The number of hydrogen-bond acceptors (Lipinski definition) is 5. The van der Waals surface area contributed by atoms with Gasteiger partial charge in [0.1, 0.15) is 5.82 Å². The SMILES string of the molecule is Cc1ccc(-n2nnnc2SCC(=O)c2cccc(F)c2)cc1C. The van der Waals surface area contributed by atoms with E-state index in [0.717, 1.165) is 11.3 Å². The summed E-state index contributed by atoms with van der Waals surface area (Å²) in [6, 6.07) is 11.6. The van der Waals surface area contributed by atoms with Crippen LogP contribution in [0.25, 0.3) is 5.69 Å². The number of benzene rings is 2. The van der Waals surface area contributed by atoms with Gasteiger partial charge in [-0.25, -0.2) is 4.39 Å². The van der Waals surface area contributed by atoms with E-state index in [0.29, 0.717) is 10.7 Å². The van der Waals surface area contributed by atoms with Crippen LogP contribution in [0.2, 0.25) is 0 Å². The Balaban J connectivity index is 1.76. The van der Waals surface area contributed by atoms with Crippen molar-refractivity contribution >= 4 is 17.5 Å². The van der Waals surface area contributed by atoms with Gasteiger partial charge in [0.15, 0.2) is 5.78 Å². The number of aromatic nitrogens is 4. The molecule has 0 saturated carbocycles. The molecule has 3 aromatic rings. The summed E-state index contributed by atoms with van der Waals surface area (Å²) in [6.07, 6.45) is 0. The second kappa shape index (κ2) is 6.92. The first kappa shape index (κ1) is 16.3. The molecule has 3 rings (SSSR count). The normalized spacial score (nSPS) is 10.8. The van der Waals surface area contributed by atoms with Gasteiger partial charge in [-0.05, 0) is 59.7 Å². The zero-order valence-corrected chi connectivity index (χ0v) is 14.0. The Labute approximate surface area is 142 Å². The number of aryl methyl sites for hydroxylation is 2. The Kier molecular flexibility index (Phi) is 4.71. The molecular weight excluding hydrogens is 327 g/mol. The Morgan fingerprint density at radius 1 is 1.17 bits per heavy atom. The number of ketones is 1. The summed E-state index contributed by atoms with van der Waals surface area (Å²) in [5.74, 6) is -0.464. The largest absolute Gasteiger partial charge is 0.293 e. The maximum atomic E-state index is 13.2. The summed E-state index contributed by atoms with van der Waals surface area (Å²) in [4.78, 5) is 12.2. The second-order valence-corrected chi connectivity index (χ2v) is 6.31. The molecule has 0 aliphatic carbocycles. The van der Waals surface area contributed by atoms with Crippen LogP contribution in [0.15, 0.2) is 47.6 Å². The molecule has 0 radical (unpaired) electrons. The molecule has 122 valence electrons. The van der Waals surface area contributed by atoms with Crippen LogP contribution >= 0.6 is 11.8 Å². The topological polar surface area (TPSA) is 60.7 Å². The Bertz CT molecular complexity index is 894. The average molecular weight is 342 g/mol. The number of carbonyl (C=O) groups is 1. The zero-order chi connectivity index (χ0) is 17.1. The predicted octanol–water partition coefficient (Wildman–Crippen LogP) is 3.39. The van der Waals surface area contributed by atoms with Crippen LogP contribution in [0.5, 0.6) is 0 Å². The maximum Gasteiger partial charge on any atom is 0.214 e. The molecule has 0 aliphatic heterocycles. The molecule has 1 aromatic heterocycles. The molecule has 0 atom stereocenters. The van der Waals surface area contributed by atoms with E-state index >= 15 is 0 Å². The first-order valence-electron chi connectivity index (χ1n) is 7.32. The number of thioether (sulfide) groups is 1. The van der Waals surface area contributed by atoms with Crippen LogP contribution in [0.1, 0.15) is 21.5 Å². The lowest BCUT2D eigenvalue weighted by atomic mass is 10.1. The molecule has 1 heterocycles. The van der Waals surface area contributed by atoms with Crippen LogP contribution in [0.3, 0.4) is 0 Å². The second-order valence-electron chi connectivity index (χ2n) is 5.36. The standard InChI is InChI=1S/C17H15FN4OS/c1-11-6-7-15(8-12(11)2)22-17(19-20-21-22)24-10-16(23)13-4-3-5-14(18)9-13/h3-9H,10H2,1-2H3. The summed E-state index contributed by atoms with van der Waals surface area (Å²) in [5, 5.41) is 12.2. The fourth-order valence-corrected chi connectivity index (χ4v) is 2.95. The van der Waals surface area contributed by atoms with Crippen LogP contribution in [0, 0.1) is 19.7 Å². The van der Waals surface area contributed by atoms with E-state index in [1.165, 1.54) is 35.5 Å². The van der Waals surface area contributed by atoms with Gasteiger partial charge in [0, 0.05) is 5.56 Å². The smallest absolute Gasteiger partial charge is 0.214 e. The van der Waals surface area contributed by atoms with Gasteiger partial charge in [0.2, 0.25) is 5.16 Å². The van der Waals surface area contributed by atoms with Crippen molar-refractivity contribution in [2.75, 3.05) is 5.75 Å². The number of halogens is 1. The average Bonchev–Trinajstić information content (AvgIpc) is 3.03. The molecule has 24 heavy (non-hydrogen) atoms. The third-order valence-electron chi connectivity index (χ3n) is 3.65. The molecule has 0 spiro atoms. The Morgan fingerprint density at radius 3 is 2.75 bits per heavy atom. The number of rotatable bonds is 5. The highest BCUT2D eigenvalue weighted by Crippen LogP contribution is 2.21. The van der Waals surface area contributed by atoms with Crippen LogP contribution in [-0.4, -0.2) is 31.7 Å². The lowest BCUT2D eigenvalue weighted by molar-refractivity contribution is 0.102. The molecule has 7 heteroatoms. The molecular formula is C17H15FN4OS. The third-order valence-corrected chi connectivity index (χ3v) is 4.57. The molecule has 0 saturated heterocycles. The Hall–Kier alpha value is -2.54. The van der Waals surface area contributed by atoms with E-state index < -0.39 is 5.82 Å². The van der Waals surface area contributed by atoms with Crippen molar-refractivity contribution < 1.29 is 9.18 Å². The molecule has 0 amide bonds. The third kappa shape index (κ3) is 3.51. The molecule has 0 bridgehead atoms. The highest BCUT2D eigenvalue weighted by molar-refractivity contribution is 7.99. The van der Waals surface area contributed by atoms with Crippen LogP contribution < -0.4 is 0 Å². The van der Waals surface area contributed by atoms with Crippen molar-refractivity contribution in [2.24, 2.45) is 0 Å². The maximum absolute atomic E-state index is 13.2. The first-order chi connectivity index (χ1) is 11.5. The van der Waals surface area contributed by atoms with Gasteiger partial charge in [0.05, 0.1) is 11.4 Å².